The van der Waals surface area contributed by atoms with Gasteiger partial charge in [0.25, 0.3) is 0 Å². The van der Waals surface area contributed by atoms with Crippen LogP contribution in [-0.2, 0) is 4.79 Å². The monoisotopic (exact) mass is 348 g/mol. The van der Waals surface area contributed by atoms with Crippen LogP contribution in [-0.4, -0.2) is 12.4 Å². The average molecular weight is 348 g/mol. The van der Waals surface area contributed by atoms with E-state index in [2.05, 4.69) is 43.3 Å². The lowest BCUT2D eigenvalue weighted by atomic mass is 9.98. The molecule has 2 nitrogen and oxygen atoms in total. The second-order valence-corrected chi connectivity index (χ2v) is 7.04. The van der Waals surface area contributed by atoms with Gasteiger partial charge in [-0.05, 0) is 59.7 Å². The Bertz CT molecular complexity index is 767. The number of hydrogen-bond donors (Lipinski definition) is 0. The van der Waals surface area contributed by atoms with Crippen LogP contribution in [0.2, 0.25) is 0 Å². The van der Waals surface area contributed by atoms with Gasteiger partial charge in [0.1, 0.15) is 5.75 Å². The van der Waals surface area contributed by atoms with Gasteiger partial charge in [-0.15, -0.1) is 0 Å². The zero-order chi connectivity index (χ0) is 18.4. The maximum Gasteiger partial charge on any atom is 0.159 e. The number of ether oxygens (including phenoxy) is 1. The topological polar surface area (TPSA) is 26.3 Å². The highest BCUT2D eigenvalue weighted by Crippen LogP contribution is 2.32. The molecule has 0 amide bonds. The maximum atomic E-state index is 11.7. The molecule has 0 fully saturated rings. The normalized spacial score (nSPS) is 14.2. The Morgan fingerprint density at radius 1 is 0.808 bits per heavy atom. The summed E-state index contributed by atoms with van der Waals surface area (Å²) in [6.45, 7) is 4.96. The molecule has 0 atom stereocenters. The summed E-state index contributed by atoms with van der Waals surface area (Å²) in [6, 6.07) is 16.9. The Kier molecular flexibility index (Phi) is 6.27. The first-order valence-corrected chi connectivity index (χ1v) is 9.75. The molecular formula is C24H28O2. The first kappa shape index (κ1) is 18.4. The summed E-state index contributed by atoms with van der Waals surface area (Å²) in [5.74, 6) is 1.22. The molecule has 26 heavy (non-hydrogen) atoms. The van der Waals surface area contributed by atoms with E-state index >= 15 is 0 Å². The number of benzene rings is 2. The van der Waals surface area contributed by atoms with E-state index in [0.717, 1.165) is 30.8 Å². The van der Waals surface area contributed by atoms with E-state index in [0.29, 0.717) is 6.42 Å². The molecule has 0 saturated heterocycles. The lowest BCUT2D eigenvalue weighted by Crippen LogP contribution is -1.96. The molecule has 0 aromatic heterocycles. The zero-order valence-corrected chi connectivity index (χ0v) is 15.9. The molecule has 2 aromatic rings. The van der Waals surface area contributed by atoms with Crippen molar-refractivity contribution in [1.29, 1.82) is 0 Å². The summed E-state index contributed by atoms with van der Waals surface area (Å²) in [7, 11) is 0. The minimum absolute atomic E-state index is 0.286. The van der Waals surface area contributed by atoms with Gasteiger partial charge >= 0.3 is 0 Å². The second-order valence-electron chi connectivity index (χ2n) is 7.04. The van der Waals surface area contributed by atoms with Gasteiger partial charge in [0, 0.05) is 6.42 Å². The van der Waals surface area contributed by atoms with E-state index in [1.54, 1.807) is 0 Å². The van der Waals surface area contributed by atoms with Crippen LogP contribution >= 0.6 is 0 Å². The number of carbonyl (C=O) groups excluding carboxylic acids is 1. The van der Waals surface area contributed by atoms with E-state index in [-0.39, 0.29) is 5.78 Å². The minimum Gasteiger partial charge on any atom is -0.494 e. The Morgan fingerprint density at radius 2 is 1.42 bits per heavy atom. The molecule has 2 heteroatoms. The van der Waals surface area contributed by atoms with Gasteiger partial charge in [-0.1, -0.05) is 62.6 Å². The fraction of sp³-hybridized carbons (Fsp3) is 0.375. The van der Waals surface area contributed by atoms with Crippen LogP contribution in [0.15, 0.2) is 54.1 Å². The van der Waals surface area contributed by atoms with Crippen molar-refractivity contribution in [2.45, 2.75) is 52.4 Å². The number of allylic oxidation sites excluding steroid dienone is 2. The van der Waals surface area contributed by atoms with E-state index < -0.39 is 0 Å². The third-order valence-corrected chi connectivity index (χ3v) is 5.16. The first-order valence-electron chi connectivity index (χ1n) is 9.75. The quantitative estimate of drug-likeness (QED) is 0.512. The second kappa shape index (κ2) is 8.84. The molecule has 0 radical (unpaired) electrons. The molecule has 0 N–H and O–H groups in total. The van der Waals surface area contributed by atoms with Crippen molar-refractivity contribution in [2.24, 2.45) is 0 Å². The van der Waals surface area contributed by atoms with Crippen LogP contribution < -0.4 is 4.74 Å². The smallest absolute Gasteiger partial charge is 0.159 e. The largest absolute Gasteiger partial charge is 0.494 e. The third-order valence-electron chi connectivity index (χ3n) is 5.16. The van der Waals surface area contributed by atoms with E-state index in [1.165, 1.54) is 41.5 Å². The van der Waals surface area contributed by atoms with Crippen LogP contribution in [0.25, 0.3) is 16.7 Å². The third kappa shape index (κ3) is 4.43. The molecule has 0 bridgehead atoms. The predicted octanol–water partition coefficient (Wildman–Crippen LogP) is 6.45. The van der Waals surface area contributed by atoms with Crippen molar-refractivity contribution in [2.75, 3.05) is 6.61 Å². The van der Waals surface area contributed by atoms with Gasteiger partial charge in [0.05, 0.1) is 6.61 Å². The molecule has 0 unspecified atom stereocenters. The molecule has 1 aliphatic rings. The number of Topliss-reactive ketones (excluding diaryl/α,β-unsaturated/α-hetero) is 1. The molecule has 1 aliphatic carbocycles. The first-order chi connectivity index (χ1) is 12.7. The lowest BCUT2D eigenvalue weighted by molar-refractivity contribution is -0.114. The molecule has 0 spiro atoms. The molecule has 3 rings (SSSR count). The van der Waals surface area contributed by atoms with E-state index in [9.17, 15) is 4.79 Å². The lowest BCUT2D eigenvalue weighted by Gasteiger charge is -2.09. The van der Waals surface area contributed by atoms with Gasteiger partial charge in [-0.3, -0.25) is 4.79 Å². The molecule has 2 aromatic carbocycles. The Morgan fingerprint density at radius 3 is 2.00 bits per heavy atom. The van der Waals surface area contributed by atoms with Gasteiger partial charge < -0.3 is 4.74 Å². The highest BCUT2D eigenvalue weighted by Gasteiger charge is 2.19. The highest BCUT2D eigenvalue weighted by atomic mass is 16.5. The van der Waals surface area contributed by atoms with Gasteiger partial charge in [-0.2, -0.15) is 0 Å². The standard InChI is InChI=1S/C24H28O2/c1-3-4-5-6-17-26-22-13-11-20(12-14-22)19-7-9-21(10-8-19)23-15-16-24(25)18(23)2/h7-14H,3-6,15-17H2,1-2H3. The van der Waals surface area contributed by atoms with Crippen molar-refractivity contribution in [3.8, 4) is 16.9 Å². The van der Waals surface area contributed by atoms with E-state index in [4.69, 9.17) is 4.74 Å². The number of ketones is 1. The summed E-state index contributed by atoms with van der Waals surface area (Å²) >= 11 is 0. The molecule has 0 heterocycles. The van der Waals surface area contributed by atoms with Crippen LogP contribution in [0.4, 0.5) is 0 Å². The highest BCUT2D eigenvalue weighted by molar-refractivity contribution is 6.06. The molecule has 136 valence electrons. The fourth-order valence-electron chi connectivity index (χ4n) is 3.47. The number of carbonyl (C=O) groups is 1. The Balaban J connectivity index is 1.62. The van der Waals surface area contributed by atoms with Crippen molar-refractivity contribution < 1.29 is 9.53 Å². The van der Waals surface area contributed by atoms with Crippen molar-refractivity contribution >= 4 is 11.4 Å². The van der Waals surface area contributed by atoms with Crippen LogP contribution in [0, 0.1) is 0 Å². The number of hydrogen-bond acceptors (Lipinski definition) is 2. The molecule has 0 saturated carbocycles. The molecular weight excluding hydrogens is 320 g/mol. The summed E-state index contributed by atoms with van der Waals surface area (Å²) in [5.41, 5.74) is 5.67. The summed E-state index contributed by atoms with van der Waals surface area (Å²) in [5, 5.41) is 0. The summed E-state index contributed by atoms with van der Waals surface area (Å²) in [6.07, 6.45) is 6.41. The van der Waals surface area contributed by atoms with E-state index in [1.807, 2.05) is 19.1 Å². The van der Waals surface area contributed by atoms with Crippen molar-refractivity contribution in [3.63, 3.8) is 0 Å². The molecule has 0 aliphatic heterocycles. The average Bonchev–Trinajstić information content (AvgIpc) is 3.01. The van der Waals surface area contributed by atoms with Crippen molar-refractivity contribution in [3.05, 3.63) is 59.7 Å². The van der Waals surface area contributed by atoms with Gasteiger partial charge in [0.15, 0.2) is 5.78 Å². The van der Waals surface area contributed by atoms with Gasteiger partial charge in [-0.25, -0.2) is 0 Å². The Labute approximate surface area is 156 Å². The fourth-order valence-corrected chi connectivity index (χ4v) is 3.47. The SMILES string of the molecule is CCCCCCOc1ccc(-c2ccc(C3=C(C)C(=O)CC3)cc2)cc1. The minimum atomic E-state index is 0.286. The number of rotatable bonds is 8. The zero-order valence-electron chi connectivity index (χ0n) is 15.9. The van der Waals surface area contributed by atoms with Gasteiger partial charge in [0.2, 0.25) is 0 Å². The van der Waals surface area contributed by atoms with Crippen LogP contribution in [0.3, 0.4) is 0 Å². The maximum absolute atomic E-state index is 11.7. The van der Waals surface area contributed by atoms with Crippen LogP contribution in [0.1, 0.15) is 57.9 Å². The summed E-state index contributed by atoms with van der Waals surface area (Å²) < 4.78 is 5.81. The number of unbranched alkanes of at least 4 members (excludes halogenated alkanes) is 3. The summed E-state index contributed by atoms with van der Waals surface area (Å²) in [4.78, 5) is 11.7. The Hall–Kier alpha value is -2.35. The van der Waals surface area contributed by atoms with Crippen molar-refractivity contribution in [1.82, 2.24) is 0 Å². The predicted molar refractivity (Wildman–Crippen MR) is 108 cm³/mol. The van der Waals surface area contributed by atoms with Crippen LogP contribution in [0.5, 0.6) is 5.75 Å².